The van der Waals surface area contributed by atoms with Crippen molar-refractivity contribution in [1.29, 1.82) is 5.26 Å². The summed E-state index contributed by atoms with van der Waals surface area (Å²) in [6.07, 6.45) is 0. The summed E-state index contributed by atoms with van der Waals surface area (Å²) in [5.41, 5.74) is 3.85. The Hall–Kier alpha value is -1.98. The normalized spacial score (nSPS) is 11.7. The number of nitriles is 1. The van der Waals surface area contributed by atoms with Crippen molar-refractivity contribution in [1.82, 2.24) is 0 Å². The second kappa shape index (κ2) is 5.77. The molecule has 1 unspecified atom stereocenters. The van der Waals surface area contributed by atoms with Gasteiger partial charge in [0.05, 0.1) is 22.3 Å². The highest BCUT2D eigenvalue weighted by Gasteiger charge is 2.07. The fourth-order valence-electron chi connectivity index (χ4n) is 1.90. The molecule has 0 spiro atoms. The van der Waals surface area contributed by atoms with Crippen LogP contribution in [0.25, 0.3) is 0 Å². The van der Waals surface area contributed by atoms with Gasteiger partial charge >= 0.3 is 0 Å². The van der Waals surface area contributed by atoms with Crippen molar-refractivity contribution in [3.05, 3.63) is 64.2 Å². The number of nitrogens with zero attached hydrogens (tertiary/aromatic N) is 1. The number of halogens is 1. The van der Waals surface area contributed by atoms with Crippen LogP contribution < -0.4 is 5.32 Å². The Labute approximate surface area is 118 Å². The standard InChI is InChI=1S/C16H15ClN2/c1-11-3-8-16(15(17)9-11)19-12(2)14-6-4-13(10-18)5-7-14/h3-9,12,19H,1-2H3. The zero-order valence-electron chi connectivity index (χ0n) is 10.9. The molecule has 0 aliphatic carbocycles. The number of rotatable bonds is 3. The van der Waals surface area contributed by atoms with Crippen LogP contribution in [0.15, 0.2) is 42.5 Å². The molecular weight excluding hydrogens is 256 g/mol. The summed E-state index contributed by atoms with van der Waals surface area (Å²) in [7, 11) is 0. The summed E-state index contributed by atoms with van der Waals surface area (Å²) >= 11 is 6.20. The fraction of sp³-hybridized carbons (Fsp3) is 0.188. The van der Waals surface area contributed by atoms with Crippen LogP contribution in [0.3, 0.4) is 0 Å². The smallest absolute Gasteiger partial charge is 0.0991 e. The molecule has 2 aromatic rings. The van der Waals surface area contributed by atoms with E-state index in [1.807, 2.05) is 49.4 Å². The van der Waals surface area contributed by atoms with E-state index in [4.69, 9.17) is 16.9 Å². The number of benzene rings is 2. The third kappa shape index (κ3) is 3.27. The van der Waals surface area contributed by atoms with Crippen molar-refractivity contribution in [2.45, 2.75) is 19.9 Å². The van der Waals surface area contributed by atoms with E-state index in [2.05, 4.69) is 18.3 Å². The molecule has 0 saturated carbocycles. The molecule has 0 bridgehead atoms. The van der Waals surface area contributed by atoms with Crippen LogP contribution >= 0.6 is 11.6 Å². The molecule has 1 N–H and O–H groups in total. The molecule has 0 heterocycles. The Morgan fingerprint density at radius 3 is 2.42 bits per heavy atom. The average Bonchev–Trinajstić information content (AvgIpc) is 2.42. The minimum absolute atomic E-state index is 0.132. The molecule has 0 aromatic heterocycles. The number of anilines is 1. The van der Waals surface area contributed by atoms with Crippen LogP contribution in [-0.2, 0) is 0 Å². The Morgan fingerprint density at radius 2 is 1.84 bits per heavy atom. The van der Waals surface area contributed by atoms with Crippen LogP contribution in [0, 0.1) is 18.3 Å². The summed E-state index contributed by atoms with van der Waals surface area (Å²) in [4.78, 5) is 0. The molecular formula is C16H15ClN2. The first-order valence-corrected chi connectivity index (χ1v) is 6.50. The van der Waals surface area contributed by atoms with Crippen LogP contribution in [-0.4, -0.2) is 0 Å². The first-order valence-electron chi connectivity index (χ1n) is 6.13. The first kappa shape index (κ1) is 13.5. The molecule has 3 heteroatoms. The van der Waals surface area contributed by atoms with Crippen LogP contribution in [0.4, 0.5) is 5.69 Å². The second-order valence-electron chi connectivity index (χ2n) is 4.58. The van der Waals surface area contributed by atoms with Crippen LogP contribution in [0.5, 0.6) is 0 Å². The van der Waals surface area contributed by atoms with Gasteiger partial charge < -0.3 is 5.32 Å². The lowest BCUT2D eigenvalue weighted by molar-refractivity contribution is 0.884. The molecule has 0 radical (unpaired) electrons. The van der Waals surface area contributed by atoms with E-state index < -0.39 is 0 Å². The first-order chi connectivity index (χ1) is 9.10. The van der Waals surface area contributed by atoms with Gasteiger partial charge in [-0.05, 0) is 49.2 Å². The van der Waals surface area contributed by atoms with Crippen molar-refractivity contribution in [3.8, 4) is 6.07 Å². The van der Waals surface area contributed by atoms with E-state index in [-0.39, 0.29) is 6.04 Å². The quantitative estimate of drug-likeness (QED) is 0.878. The molecule has 0 amide bonds. The van der Waals surface area contributed by atoms with Crippen LogP contribution in [0.2, 0.25) is 5.02 Å². The highest BCUT2D eigenvalue weighted by atomic mass is 35.5. The topological polar surface area (TPSA) is 35.8 Å². The van der Waals surface area contributed by atoms with Crippen molar-refractivity contribution in [2.75, 3.05) is 5.32 Å². The molecule has 1 atom stereocenters. The molecule has 2 nitrogen and oxygen atoms in total. The van der Waals surface area contributed by atoms with Gasteiger partial charge in [0.2, 0.25) is 0 Å². The summed E-state index contributed by atoms with van der Waals surface area (Å²) in [6.45, 7) is 4.08. The highest BCUT2D eigenvalue weighted by molar-refractivity contribution is 6.33. The Morgan fingerprint density at radius 1 is 1.16 bits per heavy atom. The van der Waals surface area contributed by atoms with Crippen molar-refractivity contribution in [2.24, 2.45) is 0 Å². The van der Waals surface area contributed by atoms with Gasteiger partial charge in [-0.1, -0.05) is 29.8 Å². The lowest BCUT2D eigenvalue weighted by atomic mass is 10.1. The second-order valence-corrected chi connectivity index (χ2v) is 4.99. The van der Waals surface area contributed by atoms with Gasteiger partial charge in [-0.15, -0.1) is 0 Å². The largest absolute Gasteiger partial charge is 0.377 e. The van der Waals surface area contributed by atoms with Crippen molar-refractivity contribution >= 4 is 17.3 Å². The van der Waals surface area contributed by atoms with Gasteiger partial charge in [-0.3, -0.25) is 0 Å². The zero-order valence-corrected chi connectivity index (χ0v) is 11.7. The summed E-state index contributed by atoms with van der Waals surface area (Å²) in [6, 6.07) is 15.8. The maximum Gasteiger partial charge on any atom is 0.0991 e. The SMILES string of the molecule is Cc1ccc(NC(C)c2ccc(C#N)cc2)c(Cl)c1. The van der Waals surface area contributed by atoms with Gasteiger partial charge in [-0.25, -0.2) is 0 Å². The molecule has 0 aliphatic rings. The van der Waals surface area contributed by atoms with Crippen LogP contribution in [0.1, 0.15) is 29.7 Å². The average molecular weight is 271 g/mol. The predicted molar refractivity (Wildman–Crippen MR) is 79.4 cm³/mol. The molecule has 0 aliphatic heterocycles. The maximum atomic E-state index is 8.78. The third-order valence-electron chi connectivity index (χ3n) is 3.04. The summed E-state index contributed by atoms with van der Waals surface area (Å²) in [5.74, 6) is 0. The molecule has 0 fully saturated rings. The summed E-state index contributed by atoms with van der Waals surface area (Å²) in [5, 5.41) is 12.9. The van der Waals surface area contributed by atoms with E-state index >= 15 is 0 Å². The summed E-state index contributed by atoms with van der Waals surface area (Å²) < 4.78 is 0. The lowest BCUT2D eigenvalue weighted by Crippen LogP contribution is -2.07. The van der Waals surface area contributed by atoms with E-state index in [1.54, 1.807) is 0 Å². The molecule has 96 valence electrons. The molecule has 19 heavy (non-hydrogen) atoms. The number of aryl methyl sites for hydroxylation is 1. The Balaban J connectivity index is 2.16. The molecule has 2 aromatic carbocycles. The predicted octanol–water partition coefficient (Wildman–Crippen LogP) is 4.69. The van der Waals surface area contributed by atoms with E-state index in [9.17, 15) is 0 Å². The number of nitrogens with one attached hydrogen (secondary N) is 1. The molecule has 2 rings (SSSR count). The highest BCUT2D eigenvalue weighted by Crippen LogP contribution is 2.27. The van der Waals surface area contributed by atoms with Gasteiger partial charge in [-0.2, -0.15) is 5.26 Å². The maximum absolute atomic E-state index is 8.78. The van der Waals surface area contributed by atoms with Gasteiger partial charge in [0.1, 0.15) is 0 Å². The third-order valence-corrected chi connectivity index (χ3v) is 3.35. The van der Waals surface area contributed by atoms with Gasteiger partial charge in [0.15, 0.2) is 0 Å². The van der Waals surface area contributed by atoms with E-state index in [0.29, 0.717) is 5.56 Å². The number of hydrogen-bond donors (Lipinski definition) is 1. The molecule has 0 saturated heterocycles. The fourth-order valence-corrected chi connectivity index (χ4v) is 2.19. The van der Waals surface area contributed by atoms with Gasteiger partial charge in [0, 0.05) is 6.04 Å². The Kier molecular flexibility index (Phi) is 4.09. The van der Waals surface area contributed by atoms with Crippen molar-refractivity contribution in [3.63, 3.8) is 0 Å². The minimum Gasteiger partial charge on any atom is -0.377 e. The lowest BCUT2D eigenvalue weighted by Gasteiger charge is -2.17. The van der Waals surface area contributed by atoms with E-state index in [0.717, 1.165) is 21.8 Å². The Bertz CT molecular complexity index is 612. The van der Waals surface area contributed by atoms with Crippen molar-refractivity contribution < 1.29 is 0 Å². The zero-order chi connectivity index (χ0) is 13.8. The monoisotopic (exact) mass is 270 g/mol. The van der Waals surface area contributed by atoms with E-state index in [1.165, 1.54) is 0 Å². The minimum atomic E-state index is 0.132. The number of hydrogen-bond acceptors (Lipinski definition) is 2. The van der Waals surface area contributed by atoms with Gasteiger partial charge in [0.25, 0.3) is 0 Å².